The van der Waals surface area contributed by atoms with Gasteiger partial charge in [0.05, 0.1) is 7.11 Å². The number of para-hydroxylation sites is 1. The van der Waals surface area contributed by atoms with Crippen molar-refractivity contribution in [1.29, 1.82) is 0 Å². The average molecular weight is 289 g/mol. The van der Waals surface area contributed by atoms with Crippen LogP contribution >= 0.6 is 0 Å². The van der Waals surface area contributed by atoms with Crippen LogP contribution in [0.4, 0.5) is 4.39 Å². The van der Waals surface area contributed by atoms with Crippen molar-refractivity contribution in [2.75, 3.05) is 7.11 Å². The van der Waals surface area contributed by atoms with E-state index in [1.54, 1.807) is 37.4 Å². The topological polar surface area (TPSA) is 44.5 Å². The minimum Gasteiger partial charge on any atom is -0.497 e. The number of rotatable bonds is 6. The molecule has 0 aliphatic carbocycles. The molecule has 0 aliphatic rings. The average Bonchev–Trinajstić information content (AvgIpc) is 2.51. The zero-order chi connectivity index (χ0) is 15.2. The fraction of sp³-hybridized carbons (Fsp3) is 0.294. The van der Waals surface area contributed by atoms with Crippen LogP contribution in [0.5, 0.6) is 17.2 Å². The van der Waals surface area contributed by atoms with Crippen LogP contribution in [0, 0.1) is 5.82 Å². The molecule has 0 radical (unpaired) electrons. The summed E-state index contributed by atoms with van der Waals surface area (Å²) in [5, 5.41) is 0. The van der Waals surface area contributed by atoms with E-state index in [1.807, 2.05) is 13.0 Å². The van der Waals surface area contributed by atoms with E-state index < -0.39 is 0 Å². The molecule has 0 saturated carbocycles. The van der Waals surface area contributed by atoms with Crippen molar-refractivity contribution in [2.45, 2.75) is 25.8 Å². The van der Waals surface area contributed by atoms with Crippen LogP contribution < -0.4 is 15.2 Å². The van der Waals surface area contributed by atoms with Crippen molar-refractivity contribution >= 4 is 0 Å². The van der Waals surface area contributed by atoms with E-state index in [9.17, 15) is 4.39 Å². The molecule has 0 heterocycles. The van der Waals surface area contributed by atoms with Gasteiger partial charge in [-0.15, -0.1) is 0 Å². The molecule has 0 aromatic heterocycles. The van der Waals surface area contributed by atoms with Crippen LogP contribution in [0.25, 0.3) is 0 Å². The molecule has 0 amide bonds. The number of hydrogen-bond donors (Lipinski definition) is 1. The van der Waals surface area contributed by atoms with Gasteiger partial charge in [-0.3, -0.25) is 0 Å². The molecule has 0 saturated heterocycles. The van der Waals surface area contributed by atoms with Crippen LogP contribution in [-0.4, -0.2) is 13.2 Å². The number of methoxy groups -OCH3 is 1. The summed E-state index contributed by atoms with van der Waals surface area (Å²) in [6.45, 7) is 2.01. The van der Waals surface area contributed by atoms with Gasteiger partial charge < -0.3 is 15.2 Å². The Kier molecular flexibility index (Phi) is 5.17. The summed E-state index contributed by atoms with van der Waals surface area (Å²) in [7, 11) is 1.59. The SMILES string of the molecule is CCC(N)Cc1cccc(F)c1Oc1ccc(OC)cc1. The van der Waals surface area contributed by atoms with Gasteiger partial charge in [0.2, 0.25) is 0 Å². The lowest BCUT2D eigenvalue weighted by Gasteiger charge is -2.15. The van der Waals surface area contributed by atoms with Gasteiger partial charge in [-0.1, -0.05) is 19.1 Å². The van der Waals surface area contributed by atoms with Crippen molar-refractivity contribution in [1.82, 2.24) is 0 Å². The highest BCUT2D eigenvalue weighted by Gasteiger charge is 2.13. The first-order valence-corrected chi connectivity index (χ1v) is 6.99. The highest BCUT2D eigenvalue weighted by molar-refractivity contribution is 5.41. The molecule has 0 fully saturated rings. The first-order valence-electron chi connectivity index (χ1n) is 6.99. The lowest BCUT2D eigenvalue weighted by molar-refractivity contribution is 0.410. The number of halogens is 1. The largest absolute Gasteiger partial charge is 0.497 e. The van der Waals surface area contributed by atoms with E-state index in [-0.39, 0.29) is 17.6 Å². The van der Waals surface area contributed by atoms with Gasteiger partial charge in [0.15, 0.2) is 11.6 Å². The highest BCUT2D eigenvalue weighted by Crippen LogP contribution is 2.30. The van der Waals surface area contributed by atoms with Gasteiger partial charge >= 0.3 is 0 Å². The number of nitrogens with two attached hydrogens (primary N) is 1. The Morgan fingerprint density at radius 3 is 2.38 bits per heavy atom. The molecule has 1 atom stereocenters. The fourth-order valence-electron chi connectivity index (χ4n) is 2.02. The minimum absolute atomic E-state index is 0.00924. The van der Waals surface area contributed by atoms with Crippen molar-refractivity contribution < 1.29 is 13.9 Å². The Morgan fingerprint density at radius 1 is 1.10 bits per heavy atom. The van der Waals surface area contributed by atoms with Crippen LogP contribution in [0.2, 0.25) is 0 Å². The maximum Gasteiger partial charge on any atom is 0.166 e. The molecule has 4 heteroatoms. The zero-order valence-electron chi connectivity index (χ0n) is 12.3. The molecule has 112 valence electrons. The second-order valence-electron chi connectivity index (χ2n) is 4.88. The Hall–Kier alpha value is -2.07. The second-order valence-corrected chi connectivity index (χ2v) is 4.88. The summed E-state index contributed by atoms with van der Waals surface area (Å²) >= 11 is 0. The Balaban J connectivity index is 2.24. The molecule has 2 rings (SSSR count). The fourth-order valence-corrected chi connectivity index (χ4v) is 2.02. The van der Waals surface area contributed by atoms with Crippen molar-refractivity contribution in [3.05, 3.63) is 53.8 Å². The normalized spacial score (nSPS) is 12.0. The number of benzene rings is 2. The minimum atomic E-state index is -0.383. The molecule has 0 spiro atoms. The van der Waals surface area contributed by atoms with Gasteiger partial charge in [-0.2, -0.15) is 0 Å². The molecular weight excluding hydrogens is 269 g/mol. The quantitative estimate of drug-likeness (QED) is 0.877. The summed E-state index contributed by atoms with van der Waals surface area (Å²) < 4.78 is 24.8. The van der Waals surface area contributed by atoms with Gasteiger partial charge in [0.25, 0.3) is 0 Å². The Morgan fingerprint density at radius 2 is 1.76 bits per heavy atom. The smallest absolute Gasteiger partial charge is 0.166 e. The maximum absolute atomic E-state index is 14.0. The van der Waals surface area contributed by atoms with Crippen LogP contribution in [-0.2, 0) is 6.42 Å². The molecular formula is C17H20FNO2. The predicted octanol–water partition coefficient (Wildman–Crippen LogP) is 3.91. The Labute approximate surface area is 124 Å². The lowest BCUT2D eigenvalue weighted by atomic mass is 10.0. The summed E-state index contributed by atoms with van der Waals surface area (Å²) in [5.41, 5.74) is 6.74. The van der Waals surface area contributed by atoms with E-state index in [0.29, 0.717) is 12.2 Å². The van der Waals surface area contributed by atoms with Gasteiger partial charge in [-0.25, -0.2) is 4.39 Å². The lowest BCUT2D eigenvalue weighted by Crippen LogP contribution is -2.21. The van der Waals surface area contributed by atoms with E-state index in [0.717, 1.165) is 17.7 Å². The molecule has 0 bridgehead atoms. The molecule has 2 aromatic rings. The number of ether oxygens (including phenoxy) is 2. The first-order chi connectivity index (χ1) is 10.1. The predicted molar refractivity (Wildman–Crippen MR) is 81.4 cm³/mol. The van der Waals surface area contributed by atoms with E-state index in [4.69, 9.17) is 15.2 Å². The van der Waals surface area contributed by atoms with Crippen LogP contribution in [0.1, 0.15) is 18.9 Å². The summed E-state index contributed by atoms with van der Waals surface area (Å²) in [6, 6.07) is 11.9. The van der Waals surface area contributed by atoms with Gasteiger partial charge in [0, 0.05) is 6.04 Å². The molecule has 2 N–H and O–H groups in total. The molecule has 21 heavy (non-hydrogen) atoms. The highest BCUT2D eigenvalue weighted by atomic mass is 19.1. The second kappa shape index (κ2) is 7.09. The first kappa shape index (κ1) is 15.3. The summed E-state index contributed by atoms with van der Waals surface area (Å²) in [6.07, 6.45) is 1.41. The van der Waals surface area contributed by atoms with Crippen LogP contribution in [0.15, 0.2) is 42.5 Å². The molecule has 2 aromatic carbocycles. The third-order valence-corrected chi connectivity index (χ3v) is 3.33. The molecule has 0 aliphatic heterocycles. The summed E-state index contributed by atoms with van der Waals surface area (Å²) in [4.78, 5) is 0. The monoisotopic (exact) mass is 289 g/mol. The molecule has 1 unspecified atom stereocenters. The van der Waals surface area contributed by atoms with Crippen molar-refractivity contribution in [3.8, 4) is 17.2 Å². The number of hydrogen-bond acceptors (Lipinski definition) is 3. The van der Waals surface area contributed by atoms with E-state index >= 15 is 0 Å². The Bertz CT molecular complexity index is 584. The maximum atomic E-state index is 14.0. The standard InChI is InChI=1S/C17H20FNO2/c1-3-13(19)11-12-5-4-6-16(18)17(12)21-15-9-7-14(20-2)8-10-15/h4-10,13H,3,11,19H2,1-2H3. The van der Waals surface area contributed by atoms with Gasteiger partial charge in [-0.05, 0) is 48.7 Å². The molecule has 3 nitrogen and oxygen atoms in total. The van der Waals surface area contributed by atoms with E-state index in [1.165, 1.54) is 6.07 Å². The van der Waals surface area contributed by atoms with Crippen molar-refractivity contribution in [2.24, 2.45) is 5.73 Å². The van der Waals surface area contributed by atoms with E-state index in [2.05, 4.69) is 0 Å². The third-order valence-electron chi connectivity index (χ3n) is 3.33. The zero-order valence-corrected chi connectivity index (χ0v) is 12.3. The third kappa shape index (κ3) is 3.95. The summed E-state index contributed by atoms with van der Waals surface area (Å²) in [5.74, 6) is 1.15. The van der Waals surface area contributed by atoms with Crippen LogP contribution in [0.3, 0.4) is 0 Å². The van der Waals surface area contributed by atoms with Crippen molar-refractivity contribution in [3.63, 3.8) is 0 Å². The van der Waals surface area contributed by atoms with Gasteiger partial charge in [0.1, 0.15) is 11.5 Å².